The van der Waals surface area contributed by atoms with Crippen LogP contribution in [0.3, 0.4) is 0 Å². The lowest BCUT2D eigenvalue weighted by Crippen LogP contribution is -2.36. The maximum atomic E-state index is 13.1. The van der Waals surface area contributed by atoms with Gasteiger partial charge in [0.2, 0.25) is 10.0 Å². The van der Waals surface area contributed by atoms with Gasteiger partial charge in [0.1, 0.15) is 10.7 Å². The summed E-state index contributed by atoms with van der Waals surface area (Å²) in [6.45, 7) is 0.896. The molecule has 2 aromatic rings. The fourth-order valence-electron chi connectivity index (χ4n) is 2.20. The molecule has 136 valence electrons. The maximum Gasteiger partial charge on any atom is 0.244 e. The lowest BCUT2D eigenvalue weighted by atomic mass is 10.2. The van der Waals surface area contributed by atoms with Crippen molar-refractivity contribution in [3.63, 3.8) is 0 Å². The zero-order valence-corrected chi connectivity index (χ0v) is 16.2. The average Bonchev–Trinajstić information content (AvgIpc) is 2.55. The number of hydrogen-bond donors (Lipinski definition) is 0. The van der Waals surface area contributed by atoms with Gasteiger partial charge in [-0.2, -0.15) is 4.31 Å². The second-order valence-corrected chi connectivity index (χ2v) is 8.59. The van der Waals surface area contributed by atoms with Crippen LogP contribution in [0.1, 0.15) is 5.56 Å². The molecule has 0 spiro atoms. The molecule has 0 bridgehead atoms. The highest BCUT2D eigenvalue weighted by Gasteiger charge is 2.27. The topological polar surface area (TPSA) is 40.6 Å². The van der Waals surface area contributed by atoms with Gasteiger partial charge in [-0.1, -0.05) is 35.3 Å². The summed E-state index contributed by atoms with van der Waals surface area (Å²) in [6, 6.07) is 10.1. The molecule has 0 fully saturated rings. The number of likely N-dealkylation sites (N-methyl/N-ethyl adjacent to an activating group) is 1. The molecule has 0 atom stereocenters. The van der Waals surface area contributed by atoms with Gasteiger partial charge in [-0.05, 0) is 50.0 Å². The SMILES string of the molecule is CN(C)CCN(Cc1ccc(F)cc1)S(=O)(=O)c1cc(Cl)ccc1Cl. The second-order valence-electron chi connectivity index (χ2n) is 5.84. The number of halogens is 3. The quantitative estimate of drug-likeness (QED) is 0.702. The van der Waals surface area contributed by atoms with Crippen LogP contribution in [0.2, 0.25) is 10.0 Å². The summed E-state index contributed by atoms with van der Waals surface area (Å²) >= 11 is 12.0. The zero-order valence-electron chi connectivity index (χ0n) is 13.9. The molecular formula is C17H19Cl2FN2O2S. The van der Waals surface area contributed by atoms with Crippen molar-refractivity contribution in [3.8, 4) is 0 Å². The molecule has 0 saturated heterocycles. The third kappa shape index (κ3) is 5.39. The molecule has 0 saturated carbocycles. The first kappa shape index (κ1) is 20.1. The van der Waals surface area contributed by atoms with Crippen LogP contribution < -0.4 is 0 Å². The molecule has 0 unspecified atom stereocenters. The number of rotatable bonds is 7. The van der Waals surface area contributed by atoms with Gasteiger partial charge in [0.25, 0.3) is 0 Å². The van der Waals surface area contributed by atoms with E-state index >= 15 is 0 Å². The largest absolute Gasteiger partial charge is 0.308 e. The van der Waals surface area contributed by atoms with Crippen molar-refractivity contribution in [1.29, 1.82) is 0 Å². The molecule has 0 aliphatic heterocycles. The van der Waals surface area contributed by atoms with Crippen LogP contribution in [-0.2, 0) is 16.6 Å². The van der Waals surface area contributed by atoms with Crippen LogP contribution in [0.25, 0.3) is 0 Å². The van der Waals surface area contributed by atoms with Crippen molar-refractivity contribution in [3.05, 3.63) is 63.9 Å². The first-order chi connectivity index (χ1) is 11.7. The van der Waals surface area contributed by atoms with Crippen LogP contribution in [0.4, 0.5) is 4.39 Å². The Morgan fingerprint density at radius 3 is 2.24 bits per heavy atom. The fourth-order valence-corrected chi connectivity index (χ4v) is 4.36. The molecule has 2 aromatic carbocycles. The minimum absolute atomic E-state index is 0.0393. The van der Waals surface area contributed by atoms with E-state index in [0.717, 1.165) is 0 Å². The Labute approximate surface area is 157 Å². The number of sulfonamides is 1. The van der Waals surface area contributed by atoms with E-state index in [-0.39, 0.29) is 33.8 Å². The summed E-state index contributed by atoms with van der Waals surface area (Å²) in [4.78, 5) is 1.84. The third-order valence-electron chi connectivity index (χ3n) is 3.58. The van der Waals surface area contributed by atoms with Gasteiger partial charge >= 0.3 is 0 Å². The zero-order chi connectivity index (χ0) is 18.6. The molecule has 0 radical (unpaired) electrons. The molecule has 4 nitrogen and oxygen atoms in total. The number of benzene rings is 2. The lowest BCUT2D eigenvalue weighted by Gasteiger charge is -2.24. The van der Waals surface area contributed by atoms with Crippen molar-refractivity contribution >= 4 is 33.2 Å². The normalized spacial score (nSPS) is 12.1. The van der Waals surface area contributed by atoms with Gasteiger partial charge in [0.05, 0.1) is 5.02 Å². The second kappa shape index (κ2) is 8.47. The highest BCUT2D eigenvalue weighted by molar-refractivity contribution is 7.89. The Kier molecular flexibility index (Phi) is 6.82. The van der Waals surface area contributed by atoms with Gasteiger partial charge in [-0.15, -0.1) is 0 Å². The maximum absolute atomic E-state index is 13.1. The molecule has 2 rings (SSSR count). The lowest BCUT2D eigenvalue weighted by molar-refractivity contribution is 0.329. The van der Waals surface area contributed by atoms with Gasteiger partial charge in [-0.3, -0.25) is 0 Å². The van der Waals surface area contributed by atoms with E-state index in [0.29, 0.717) is 12.1 Å². The molecule has 25 heavy (non-hydrogen) atoms. The Balaban J connectivity index is 2.38. The summed E-state index contributed by atoms with van der Waals surface area (Å²) < 4.78 is 40.6. The van der Waals surface area contributed by atoms with E-state index in [1.807, 2.05) is 19.0 Å². The fraction of sp³-hybridized carbons (Fsp3) is 0.294. The van der Waals surface area contributed by atoms with E-state index in [1.165, 1.54) is 34.6 Å². The monoisotopic (exact) mass is 404 g/mol. The average molecular weight is 405 g/mol. The van der Waals surface area contributed by atoms with Crippen molar-refractivity contribution in [2.24, 2.45) is 0 Å². The van der Waals surface area contributed by atoms with Crippen molar-refractivity contribution < 1.29 is 12.8 Å². The predicted molar refractivity (Wildman–Crippen MR) is 99.0 cm³/mol. The Hall–Kier alpha value is -1.18. The highest BCUT2D eigenvalue weighted by atomic mass is 35.5. The third-order valence-corrected chi connectivity index (χ3v) is 6.14. The number of hydrogen-bond acceptors (Lipinski definition) is 3. The predicted octanol–water partition coefficient (Wildman–Crippen LogP) is 3.89. The van der Waals surface area contributed by atoms with Gasteiger partial charge in [0.15, 0.2) is 0 Å². The van der Waals surface area contributed by atoms with Crippen molar-refractivity contribution in [1.82, 2.24) is 9.21 Å². The van der Waals surface area contributed by atoms with Crippen LogP contribution in [0, 0.1) is 5.82 Å². The molecule has 0 aromatic heterocycles. The Morgan fingerprint density at radius 1 is 1.00 bits per heavy atom. The smallest absolute Gasteiger partial charge is 0.244 e. The van der Waals surface area contributed by atoms with Crippen LogP contribution >= 0.6 is 23.2 Å². The first-order valence-electron chi connectivity index (χ1n) is 7.54. The van der Waals surface area contributed by atoms with Gasteiger partial charge in [0, 0.05) is 24.7 Å². The summed E-state index contributed by atoms with van der Waals surface area (Å²) in [7, 11) is -0.149. The summed E-state index contributed by atoms with van der Waals surface area (Å²) in [5.74, 6) is -0.371. The van der Waals surface area contributed by atoms with E-state index in [1.54, 1.807) is 12.1 Å². The minimum atomic E-state index is -3.86. The van der Waals surface area contributed by atoms with E-state index < -0.39 is 10.0 Å². The van der Waals surface area contributed by atoms with Crippen LogP contribution in [0.5, 0.6) is 0 Å². The summed E-state index contributed by atoms with van der Waals surface area (Å²) in [5.41, 5.74) is 0.682. The number of nitrogens with zero attached hydrogens (tertiary/aromatic N) is 2. The Morgan fingerprint density at radius 2 is 1.64 bits per heavy atom. The molecule has 0 amide bonds. The molecule has 0 N–H and O–H groups in total. The minimum Gasteiger partial charge on any atom is -0.308 e. The molecular weight excluding hydrogens is 386 g/mol. The molecule has 8 heteroatoms. The Bertz CT molecular complexity index is 827. The van der Waals surface area contributed by atoms with Crippen molar-refractivity contribution in [2.45, 2.75) is 11.4 Å². The van der Waals surface area contributed by atoms with Crippen LogP contribution in [0.15, 0.2) is 47.4 Å². The van der Waals surface area contributed by atoms with E-state index in [9.17, 15) is 12.8 Å². The van der Waals surface area contributed by atoms with Gasteiger partial charge in [-0.25, -0.2) is 12.8 Å². The highest BCUT2D eigenvalue weighted by Crippen LogP contribution is 2.28. The van der Waals surface area contributed by atoms with Crippen LogP contribution in [-0.4, -0.2) is 44.8 Å². The van der Waals surface area contributed by atoms with Gasteiger partial charge < -0.3 is 4.90 Å². The molecule has 0 aliphatic rings. The van der Waals surface area contributed by atoms with E-state index in [4.69, 9.17) is 23.2 Å². The molecule has 0 aliphatic carbocycles. The van der Waals surface area contributed by atoms with E-state index in [2.05, 4.69) is 0 Å². The summed E-state index contributed by atoms with van der Waals surface area (Å²) in [5, 5.41) is 0.399. The first-order valence-corrected chi connectivity index (χ1v) is 9.74. The standard InChI is InChI=1S/C17H19Cl2FN2O2S/c1-21(2)9-10-22(12-13-3-6-15(20)7-4-13)25(23,24)17-11-14(18)5-8-16(17)19/h3-8,11H,9-10,12H2,1-2H3. The molecule has 0 heterocycles. The van der Waals surface area contributed by atoms with Crippen molar-refractivity contribution in [2.75, 3.05) is 27.2 Å². The summed E-state index contributed by atoms with van der Waals surface area (Å²) in [6.07, 6.45) is 0.